The lowest BCUT2D eigenvalue weighted by Crippen LogP contribution is -2.56. The molecule has 1 saturated heterocycles. The molecule has 7 heteroatoms. The predicted octanol–water partition coefficient (Wildman–Crippen LogP) is 1.59. The zero-order valence-electron chi connectivity index (χ0n) is 16.6. The van der Waals surface area contributed by atoms with E-state index in [1.165, 1.54) is 0 Å². The Labute approximate surface area is 166 Å². The van der Waals surface area contributed by atoms with Crippen LogP contribution in [0.4, 0.5) is 0 Å². The first-order valence-corrected chi connectivity index (χ1v) is 9.26. The number of amides is 2. The predicted molar refractivity (Wildman–Crippen MR) is 108 cm³/mol. The Morgan fingerprint density at radius 3 is 2.54 bits per heavy atom. The first-order chi connectivity index (χ1) is 13.5. The molecule has 152 valence electrons. The van der Waals surface area contributed by atoms with E-state index >= 15 is 0 Å². The zero-order valence-corrected chi connectivity index (χ0v) is 16.6. The van der Waals surface area contributed by atoms with Crippen molar-refractivity contribution in [3.05, 3.63) is 49.1 Å². The van der Waals surface area contributed by atoms with Crippen LogP contribution in [0.25, 0.3) is 0 Å². The largest absolute Gasteiger partial charge is 0.493 e. The Bertz CT molecular complexity index is 710. The molecule has 0 radical (unpaired) electrons. The fourth-order valence-corrected chi connectivity index (χ4v) is 3.27. The SMILES string of the molecule is C=CCN(CC=C)C(=O)C[C@@H]1C(=O)NCCN1Cc1ccc(OC)c(OC)c1. The summed E-state index contributed by atoms with van der Waals surface area (Å²) in [5.41, 5.74) is 0.985. The highest BCUT2D eigenvalue weighted by atomic mass is 16.5. The van der Waals surface area contributed by atoms with E-state index in [-0.39, 0.29) is 18.2 Å². The lowest BCUT2D eigenvalue weighted by Gasteiger charge is -2.35. The lowest BCUT2D eigenvalue weighted by atomic mass is 10.1. The van der Waals surface area contributed by atoms with E-state index in [4.69, 9.17) is 9.47 Å². The van der Waals surface area contributed by atoms with Crippen molar-refractivity contribution >= 4 is 11.8 Å². The van der Waals surface area contributed by atoms with E-state index in [1.54, 1.807) is 31.3 Å². The summed E-state index contributed by atoms with van der Waals surface area (Å²) >= 11 is 0. The quantitative estimate of drug-likeness (QED) is 0.618. The van der Waals surface area contributed by atoms with E-state index in [0.29, 0.717) is 44.2 Å². The minimum Gasteiger partial charge on any atom is -0.493 e. The summed E-state index contributed by atoms with van der Waals surface area (Å²) in [7, 11) is 3.18. The lowest BCUT2D eigenvalue weighted by molar-refractivity contribution is -0.138. The van der Waals surface area contributed by atoms with Crippen LogP contribution in [0.5, 0.6) is 11.5 Å². The molecular weight excluding hydrogens is 358 g/mol. The van der Waals surface area contributed by atoms with Crippen molar-refractivity contribution in [1.29, 1.82) is 0 Å². The minimum atomic E-state index is -0.522. The van der Waals surface area contributed by atoms with Crippen LogP contribution in [0.2, 0.25) is 0 Å². The van der Waals surface area contributed by atoms with Gasteiger partial charge in [0.25, 0.3) is 0 Å². The monoisotopic (exact) mass is 387 g/mol. The average molecular weight is 387 g/mol. The van der Waals surface area contributed by atoms with E-state index in [1.807, 2.05) is 23.1 Å². The number of nitrogens with one attached hydrogen (secondary N) is 1. The molecule has 2 rings (SSSR count). The fraction of sp³-hybridized carbons (Fsp3) is 0.429. The molecule has 0 aliphatic carbocycles. The van der Waals surface area contributed by atoms with Gasteiger partial charge < -0.3 is 19.7 Å². The summed E-state index contributed by atoms with van der Waals surface area (Å²) in [4.78, 5) is 28.9. The molecule has 1 aromatic rings. The molecular formula is C21H29N3O4. The van der Waals surface area contributed by atoms with E-state index in [0.717, 1.165) is 5.56 Å². The smallest absolute Gasteiger partial charge is 0.237 e. The molecule has 1 aromatic carbocycles. The molecule has 0 bridgehead atoms. The van der Waals surface area contributed by atoms with Gasteiger partial charge in [-0.1, -0.05) is 18.2 Å². The number of carbonyl (C=O) groups is 2. The number of rotatable bonds is 10. The van der Waals surface area contributed by atoms with Gasteiger partial charge in [-0.3, -0.25) is 14.5 Å². The number of methoxy groups -OCH3 is 2. The summed E-state index contributed by atoms with van der Waals surface area (Å²) in [6.45, 7) is 9.99. The van der Waals surface area contributed by atoms with Crippen LogP contribution in [0.3, 0.4) is 0 Å². The van der Waals surface area contributed by atoms with Gasteiger partial charge in [0.15, 0.2) is 11.5 Å². The van der Waals surface area contributed by atoms with Crippen LogP contribution in [0, 0.1) is 0 Å². The third-order valence-electron chi connectivity index (χ3n) is 4.69. The van der Waals surface area contributed by atoms with Crippen molar-refractivity contribution in [2.75, 3.05) is 40.4 Å². The van der Waals surface area contributed by atoms with E-state index in [2.05, 4.69) is 18.5 Å². The van der Waals surface area contributed by atoms with Crippen LogP contribution in [-0.2, 0) is 16.1 Å². The maximum Gasteiger partial charge on any atom is 0.237 e. The van der Waals surface area contributed by atoms with Gasteiger partial charge in [0.1, 0.15) is 0 Å². The first-order valence-electron chi connectivity index (χ1n) is 9.26. The second-order valence-corrected chi connectivity index (χ2v) is 6.55. The maximum absolute atomic E-state index is 12.7. The average Bonchev–Trinajstić information content (AvgIpc) is 2.70. The van der Waals surface area contributed by atoms with Crippen molar-refractivity contribution in [2.45, 2.75) is 19.0 Å². The molecule has 0 unspecified atom stereocenters. The minimum absolute atomic E-state index is 0.0980. The molecule has 1 heterocycles. The van der Waals surface area contributed by atoms with Gasteiger partial charge in [-0.25, -0.2) is 0 Å². The number of nitrogens with zero attached hydrogens (tertiary/aromatic N) is 2. The topological polar surface area (TPSA) is 71.1 Å². The number of benzene rings is 1. The summed E-state index contributed by atoms with van der Waals surface area (Å²) < 4.78 is 10.6. The summed E-state index contributed by atoms with van der Waals surface area (Å²) in [6.07, 6.45) is 3.45. The standard InChI is InChI=1S/C21H29N3O4/c1-5-10-23(11-6-2)20(25)14-17-21(26)22-9-12-24(17)15-16-7-8-18(27-3)19(13-16)28-4/h5-8,13,17H,1-2,9-12,14-15H2,3-4H3,(H,22,26)/t17-/m1/s1. The second kappa shape index (κ2) is 10.5. The van der Waals surface area contributed by atoms with Gasteiger partial charge in [-0.15, -0.1) is 13.2 Å². The number of ether oxygens (including phenoxy) is 2. The second-order valence-electron chi connectivity index (χ2n) is 6.55. The summed E-state index contributed by atoms with van der Waals surface area (Å²) in [5.74, 6) is 1.06. The van der Waals surface area contributed by atoms with Gasteiger partial charge in [-0.2, -0.15) is 0 Å². The van der Waals surface area contributed by atoms with Crippen LogP contribution in [-0.4, -0.2) is 68.1 Å². The highest BCUT2D eigenvalue weighted by Gasteiger charge is 2.32. The first kappa shape index (κ1) is 21.5. The Morgan fingerprint density at radius 1 is 1.25 bits per heavy atom. The normalized spacial score (nSPS) is 16.8. The molecule has 0 aromatic heterocycles. The Morgan fingerprint density at radius 2 is 1.93 bits per heavy atom. The molecule has 1 aliphatic heterocycles. The highest BCUT2D eigenvalue weighted by Crippen LogP contribution is 2.28. The van der Waals surface area contributed by atoms with E-state index < -0.39 is 6.04 Å². The van der Waals surface area contributed by atoms with Gasteiger partial charge in [0, 0.05) is 32.7 Å². The van der Waals surface area contributed by atoms with Crippen molar-refractivity contribution in [1.82, 2.24) is 15.1 Å². The van der Waals surface area contributed by atoms with Crippen LogP contribution >= 0.6 is 0 Å². The highest BCUT2D eigenvalue weighted by molar-refractivity contribution is 5.89. The van der Waals surface area contributed by atoms with Crippen LogP contribution in [0.15, 0.2) is 43.5 Å². The Hall–Kier alpha value is -2.80. The van der Waals surface area contributed by atoms with Crippen LogP contribution < -0.4 is 14.8 Å². The molecule has 1 N–H and O–H groups in total. The molecule has 1 fully saturated rings. The zero-order chi connectivity index (χ0) is 20.5. The van der Waals surface area contributed by atoms with Gasteiger partial charge in [-0.05, 0) is 17.7 Å². The Balaban J connectivity index is 2.15. The van der Waals surface area contributed by atoms with E-state index in [9.17, 15) is 9.59 Å². The van der Waals surface area contributed by atoms with Crippen molar-refractivity contribution in [3.63, 3.8) is 0 Å². The number of hydrogen-bond acceptors (Lipinski definition) is 5. The third-order valence-corrected chi connectivity index (χ3v) is 4.69. The molecule has 2 amide bonds. The third kappa shape index (κ3) is 5.36. The van der Waals surface area contributed by atoms with Crippen molar-refractivity contribution in [3.8, 4) is 11.5 Å². The van der Waals surface area contributed by atoms with Gasteiger partial charge >= 0.3 is 0 Å². The Kier molecular flexibility index (Phi) is 8.07. The van der Waals surface area contributed by atoms with Crippen molar-refractivity contribution < 1.29 is 19.1 Å². The number of piperazine rings is 1. The molecule has 7 nitrogen and oxygen atoms in total. The van der Waals surface area contributed by atoms with Gasteiger partial charge in [0.2, 0.25) is 11.8 Å². The molecule has 0 saturated carbocycles. The summed E-state index contributed by atoms with van der Waals surface area (Å²) in [6, 6.07) is 5.15. The molecule has 1 aliphatic rings. The molecule has 1 atom stereocenters. The van der Waals surface area contributed by atoms with Crippen LogP contribution in [0.1, 0.15) is 12.0 Å². The van der Waals surface area contributed by atoms with Crippen molar-refractivity contribution in [2.24, 2.45) is 0 Å². The van der Waals surface area contributed by atoms with Gasteiger partial charge in [0.05, 0.1) is 26.7 Å². The maximum atomic E-state index is 12.7. The fourth-order valence-electron chi connectivity index (χ4n) is 3.27. The number of carbonyl (C=O) groups excluding carboxylic acids is 2. The summed E-state index contributed by atoms with van der Waals surface area (Å²) in [5, 5.41) is 2.86. The molecule has 0 spiro atoms. The molecule has 28 heavy (non-hydrogen) atoms. The number of hydrogen-bond donors (Lipinski definition) is 1.